The number of morpholine rings is 1. The largest absolute Gasteiger partial charge is 0.494 e. The van der Waals surface area contributed by atoms with Crippen LogP contribution in [-0.4, -0.2) is 60.0 Å². The fourth-order valence-electron chi connectivity index (χ4n) is 3.43. The summed E-state index contributed by atoms with van der Waals surface area (Å²) < 4.78 is 19.2. The highest BCUT2D eigenvalue weighted by molar-refractivity contribution is 7.99. The van der Waals surface area contributed by atoms with Gasteiger partial charge in [-0.1, -0.05) is 49.0 Å². The predicted molar refractivity (Wildman–Crippen MR) is 127 cm³/mol. The van der Waals surface area contributed by atoms with Crippen LogP contribution >= 0.6 is 11.8 Å². The summed E-state index contributed by atoms with van der Waals surface area (Å²) in [4.78, 5) is 2.25. The van der Waals surface area contributed by atoms with E-state index in [1.165, 1.54) is 5.56 Å². The molecule has 0 amide bonds. The summed E-state index contributed by atoms with van der Waals surface area (Å²) in [5.74, 6) is 3.40. The van der Waals surface area contributed by atoms with Crippen LogP contribution in [0.3, 0.4) is 0 Å². The summed E-state index contributed by atoms with van der Waals surface area (Å²) >= 11 is 1.67. The molecule has 0 aliphatic carbocycles. The third-order valence-electron chi connectivity index (χ3n) is 5.05. The van der Waals surface area contributed by atoms with Crippen LogP contribution in [0.5, 0.6) is 11.5 Å². The third kappa shape index (κ3) is 6.17. The molecule has 170 valence electrons. The van der Waals surface area contributed by atoms with Gasteiger partial charge in [-0.2, -0.15) is 0 Å². The number of hydrogen-bond acceptors (Lipinski definition) is 7. The summed E-state index contributed by atoms with van der Waals surface area (Å²) in [5.41, 5.74) is 1.23. The minimum atomic E-state index is 0.588. The molecule has 2 aromatic carbocycles. The molecule has 3 aromatic rings. The van der Waals surface area contributed by atoms with Crippen molar-refractivity contribution in [3.05, 3.63) is 60.2 Å². The number of benzene rings is 2. The zero-order valence-electron chi connectivity index (χ0n) is 18.5. The van der Waals surface area contributed by atoms with E-state index in [2.05, 4.69) is 50.9 Å². The fourth-order valence-corrected chi connectivity index (χ4v) is 4.18. The molecule has 1 aliphatic heterocycles. The Bertz CT molecular complexity index is 944. The number of thioether (sulfide) groups is 1. The summed E-state index contributed by atoms with van der Waals surface area (Å²) in [6.07, 6.45) is 0.998. The van der Waals surface area contributed by atoms with Gasteiger partial charge in [-0.25, -0.2) is 0 Å². The lowest BCUT2D eigenvalue weighted by Gasteiger charge is -2.28. The Balaban J connectivity index is 1.36. The molecular weight excluding hydrogens is 424 g/mol. The van der Waals surface area contributed by atoms with E-state index in [-0.39, 0.29) is 0 Å². The normalized spacial score (nSPS) is 13.8. The Morgan fingerprint density at radius 1 is 0.906 bits per heavy atom. The lowest BCUT2D eigenvalue weighted by Crippen LogP contribution is -2.38. The second-order valence-corrected chi connectivity index (χ2v) is 8.53. The zero-order chi connectivity index (χ0) is 22.0. The maximum absolute atomic E-state index is 5.91. The van der Waals surface area contributed by atoms with Gasteiger partial charge in [0.1, 0.15) is 11.5 Å². The summed E-state index contributed by atoms with van der Waals surface area (Å²) in [5, 5.41) is 9.91. The Morgan fingerprint density at radius 3 is 2.28 bits per heavy atom. The molecule has 1 fully saturated rings. The standard InChI is InChI=1S/C24H30N4O3S/c1-2-14-30-21-8-10-22(11-9-21)31-17-18-32-24-26-25-23(27-12-15-29-16-13-27)28(24)19-20-6-4-3-5-7-20/h3-11H,2,12-19H2,1H3. The molecule has 7 nitrogen and oxygen atoms in total. The van der Waals surface area contributed by atoms with E-state index in [4.69, 9.17) is 14.2 Å². The molecule has 0 radical (unpaired) electrons. The molecule has 4 rings (SSSR count). The van der Waals surface area contributed by atoms with Gasteiger partial charge < -0.3 is 19.1 Å². The SMILES string of the molecule is CCCOc1ccc(OCCSc2nnc(N3CCOCC3)n2Cc2ccccc2)cc1. The predicted octanol–water partition coefficient (Wildman–Crippen LogP) is 4.12. The number of anilines is 1. The first kappa shape index (κ1) is 22.5. The van der Waals surface area contributed by atoms with Crippen LogP contribution in [0.1, 0.15) is 18.9 Å². The van der Waals surface area contributed by atoms with Crippen LogP contribution in [-0.2, 0) is 11.3 Å². The van der Waals surface area contributed by atoms with Gasteiger partial charge in [0.15, 0.2) is 5.16 Å². The molecule has 1 saturated heterocycles. The minimum Gasteiger partial charge on any atom is -0.494 e. The van der Waals surface area contributed by atoms with Crippen LogP contribution < -0.4 is 14.4 Å². The maximum atomic E-state index is 5.91. The van der Waals surface area contributed by atoms with Crippen molar-refractivity contribution >= 4 is 17.7 Å². The maximum Gasteiger partial charge on any atom is 0.228 e. The molecule has 32 heavy (non-hydrogen) atoms. The number of nitrogens with zero attached hydrogens (tertiary/aromatic N) is 4. The molecular formula is C24H30N4O3S. The fraction of sp³-hybridized carbons (Fsp3) is 0.417. The second kappa shape index (κ2) is 11.8. The van der Waals surface area contributed by atoms with Crippen LogP contribution in [0.2, 0.25) is 0 Å². The highest BCUT2D eigenvalue weighted by Gasteiger charge is 2.20. The van der Waals surface area contributed by atoms with Crippen molar-refractivity contribution in [2.75, 3.05) is 50.2 Å². The highest BCUT2D eigenvalue weighted by atomic mass is 32.2. The van der Waals surface area contributed by atoms with Crippen LogP contribution in [0, 0.1) is 0 Å². The van der Waals surface area contributed by atoms with Gasteiger partial charge >= 0.3 is 0 Å². The van der Waals surface area contributed by atoms with Gasteiger partial charge in [0.25, 0.3) is 0 Å². The molecule has 8 heteroatoms. The van der Waals surface area contributed by atoms with Gasteiger partial charge in [-0.05, 0) is 36.2 Å². The number of hydrogen-bond donors (Lipinski definition) is 0. The molecule has 0 saturated carbocycles. The number of aromatic nitrogens is 3. The van der Waals surface area contributed by atoms with Gasteiger partial charge in [-0.3, -0.25) is 4.57 Å². The van der Waals surface area contributed by atoms with Crippen molar-refractivity contribution in [3.8, 4) is 11.5 Å². The van der Waals surface area contributed by atoms with E-state index in [1.807, 2.05) is 30.3 Å². The van der Waals surface area contributed by atoms with Crippen molar-refractivity contribution in [2.45, 2.75) is 25.0 Å². The summed E-state index contributed by atoms with van der Waals surface area (Å²) in [7, 11) is 0. The van der Waals surface area contributed by atoms with Gasteiger partial charge in [0.2, 0.25) is 5.95 Å². The molecule has 0 spiro atoms. The van der Waals surface area contributed by atoms with Crippen molar-refractivity contribution in [2.24, 2.45) is 0 Å². The number of ether oxygens (including phenoxy) is 3. The van der Waals surface area contributed by atoms with Crippen molar-refractivity contribution in [1.29, 1.82) is 0 Å². The lowest BCUT2D eigenvalue weighted by atomic mass is 10.2. The molecule has 0 atom stereocenters. The zero-order valence-corrected chi connectivity index (χ0v) is 19.3. The average Bonchev–Trinajstić information content (AvgIpc) is 3.24. The van der Waals surface area contributed by atoms with Crippen LogP contribution in [0.15, 0.2) is 59.8 Å². The first-order valence-corrected chi connectivity index (χ1v) is 12.1. The minimum absolute atomic E-state index is 0.588. The smallest absolute Gasteiger partial charge is 0.228 e. The van der Waals surface area contributed by atoms with E-state index >= 15 is 0 Å². The first-order chi connectivity index (χ1) is 15.8. The van der Waals surface area contributed by atoms with Gasteiger partial charge in [0, 0.05) is 18.8 Å². The van der Waals surface area contributed by atoms with Crippen molar-refractivity contribution < 1.29 is 14.2 Å². The van der Waals surface area contributed by atoms with Gasteiger partial charge in [-0.15, -0.1) is 10.2 Å². The lowest BCUT2D eigenvalue weighted by molar-refractivity contribution is 0.121. The van der Waals surface area contributed by atoms with E-state index in [1.54, 1.807) is 11.8 Å². The monoisotopic (exact) mass is 454 g/mol. The van der Waals surface area contributed by atoms with Crippen LogP contribution in [0.25, 0.3) is 0 Å². The van der Waals surface area contributed by atoms with E-state index in [9.17, 15) is 0 Å². The molecule has 1 aromatic heterocycles. The quantitative estimate of drug-likeness (QED) is 0.319. The van der Waals surface area contributed by atoms with E-state index in [0.717, 1.165) is 74.2 Å². The molecule has 0 bridgehead atoms. The molecule has 0 N–H and O–H groups in total. The Hall–Kier alpha value is -2.71. The third-order valence-corrected chi connectivity index (χ3v) is 5.99. The summed E-state index contributed by atoms with van der Waals surface area (Å²) in [6.45, 7) is 7.26. The van der Waals surface area contributed by atoms with Gasteiger partial charge in [0.05, 0.1) is 33.0 Å². The average molecular weight is 455 g/mol. The Labute approximate surface area is 193 Å². The van der Waals surface area contributed by atoms with Crippen molar-refractivity contribution in [1.82, 2.24) is 14.8 Å². The summed E-state index contributed by atoms with van der Waals surface area (Å²) in [6, 6.07) is 18.2. The van der Waals surface area contributed by atoms with E-state index < -0.39 is 0 Å². The number of rotatable bonds is 11. The molecule has 1 aliphatic rings. The van der Waals surface area contributed by atoms with E-state index in [0.29, 0.717) is 6.61 Å². The van der Waals surface area contributed by atoms with Crippen molar-refractivity contribution in [3.63, 3.8) is 0 Å². The second-order valence-electron chi connectivity index (χ2n) is 7.47. The van der Waals surface area contributed by atoms with Crippen LogP contribution in [0.4, 0.5) is 5.95 Å². The highest BCUT2D eigenvalue weighted by Crippen LogP contribution is 2.25. The first-order valence-electron chi connectivity index (χ1n) is 11.1. The molecule has 2 heterocycles. The Morgan fingerprint density at radius 2 is 1.59 bits per heavy atom. The topological polar surface area (TPSA) is 61.6 Å². The Kier molecular flexibility index (Phi) is 8.28. The molecule has 0 unspecified atom stereocenters.